The molecule has 1 aromatic carbocycles. The van der Waals surface area contributed by atoms with Gasteiger partial charge in [0.1, 0.15) is 0 Å². The minimum Gasteiger partial charge on any atom is -1.00 e. The van der Waals surface area contributed by atoms with E-state index in [1.165, 1.54) is 0 Å². The van der Waals surface area contributed by atoms with Crippen molar-refractivity contribution in [3.8, 4) is 0 Å². The van der Waals surface area contributed by atoms with Gasteiger partial charge in [0, 0.05) is 0 Å². The number of nitrogens with two attached hydrogens (primary N) is 1. The van der Waals surface area contributed by atoms with Gasteiger partial charge in [0.05, 0.1) is 45.6 Å². The Kier molecular flexibility index (Phi) is 5.47. The molecule has 0 saturated carbocycles. The minimum absolute atomic E-state index is 0. The number of benzene rings is 1. The van der Waals surface area contributed by atoms with Crippen LogP contribution in [-0.4, -0.2) is 38.7 Å². The summed E-state index contributed by atoms with van der Waals surface area (Å²) >= 11 is 0. The first-order chi connectivity index (χ1) is 6.49. The maximum atomic E-state index is 5.80. The normalized spacial score (nSPS) is 10.6. The molecule has 0 spiro atoms. The molecule has 4 heteroatoms. The van der Waals surface area contributed by atoms with Crippen molar-refractivity contribution in [2.24, 2.45) is 0 Å². The summed E-state index contributed by atoms with van der Waals surface area (Å²) in [6.07, 6.45) is 0. The van der Waals surface area contributed by atoms with Crippen LogP contribution in [0.3, 0.4) is 0 Å². The van der Waals surface area contributed by atoms with Crippen LogP contribution in [0.25, 0.3) is 0 Å². The highest BCUT2D eigenvalue weighted by molar-refractivity contribution is 5.65. The van der Waals surface area contributed by atoms with Gasteiger partial charge in [0.15, 0.2) is 0 Å². The molecule has 0 atom stereocenters. The van der Waals surface area contributed by atoms with Gasteiger partial charge in [-0.2, -0.15) is 0 Å². The average Bonchev–Trinajstić information content (AvgIpc) is 2.06. The van der Waals surface area contributed by atoms with Crippen molar-refractivity contribution in [1.29, 1.82) is 0 Å². The summed E-state index contributed by atoms with van der Waals surface area (Å²) in [6, 6.07) is 7.85. The van der Waals surface area contributed by atoms with E-state index in [9.17, 15) is 0 Å². The molecule has 0 amide bonds. The second-order valence-electron chi connectivity index (χ2n) is 4.53. The molecule has 0 aliphatic rings. The highest BCUT2D eigenvalue weighted by atomic mass is 35.5. The van der Waals surface area contributed by atoms with E-state index in [1.54, 1.807) is 0 Å². The number of hydrogen-bond donors (Lipinski definition) is 2. The van der Waals surface area contributed by atoms with E-state index < -0.39 is 0 Å². The van der Waals surface area contributed by atoms with Gasteiger partial charge in [-0.3, -0.25) is 0 Å². The molecule has 3 nitrogen and oxygen atoms in total. The first-order valence-corrected chi connectivity index (χ1v) is 4.88. The summed E-state index contributed by atoms with van der Waals surface area (Å²) in [5.74, 6) is 0. The number of likely N-dealkylation sites (N-methyl/N-ethyl adjacent to an activating group) is 1. The zero-order valence-electron chi connectivity index (χ0n) is 9.63. The van der Waals surface area contributed by atoms with Crippen LogP contribution in [0, 0.1) is 0 Å². The van der Waals surface area contributed by atoms with Crippen LogP contribution in [0.2, 0.25) is 0 Å². The van der Waals surface area contributed by atoms with E-state index in [0.717, 1.165) is 28.9 Å². The van der Waals surface area contributed by atoms with Gasteiger partial charge in [-0.25, -0.2) is 0 Å². The van der Waals surface area contributed by atoms with Gasteiger partial charge < -0.3 is 27.9 Å². The lowest BCUT2D eigenvalue weighted by molar-refractivity contribution is -0.868. The highest BCUT2D eigenvalue weighted by Gasteiger charge is 2.05. The number of nitrogen functional groups attached to an aromatic ring is 1. The summed E-state index contributed by atoms with van der Waals surface area (Å²) in [4.78, 5) is 0. The molecular formula is C11H20ClN3. The number of anilines is 2. The van der Waals surface area contributed by atoms with Crippen LogP contribution in [0.5, 0.6) is 0 Å². The van der Waals surface area contributed by atoms with Gasteiger partial charge in [0.2, 0.25) is 0 Å². The molecule has 1 rings (SSSR count). The van der Waals surface area contributed by atoms with Crippen molar-refractivity contribution in [3.05, 3.63) is 24.3 Å². The SMILES string of the molecule is C[N+](C)(C)CCNc1ccccc1N.[Cl-]. The Labute approximate surface area is 98.3 Å². The van der Waals surface area contributed by atoms with Crippen LogP contribution >= 0.6 is 0 Å². The zero-order valence-corrected chi connectivity index (χ0v) is 10.4. The fourth-order valence-corrected chi connectivity index (χ4v) is 1.18. The van der Waals surface area contributed by atoms with Gasteiger partial charge in [-0.15, -0.1) is 0 Å². The molecule has 0 radical (unpaired) electrons. The topological polar surface area (TPSA) is 38.0 Å². The quantitative estimate of drug-likeness (QED) is 0.482. The van der Waals surface area contributed by atoms with Crippen molar-refractivity contribution >= 4 is 11.4 Å². The predicted octanol–water partition coefficient (Wildman–Crippen LogP) is -1.61. The van der Waals surface area contributed by atoms with Gasteiger partial charge in [-0.1, -0.05) is 12.1 Å². The molecule has 15 heavy (non-hydrogen) atoms. The van der Waals surface area contributed by atoms with Gasteiger partial charge in [-0.05, 0) is 12.1 Å². The number of para-hydroxylation sites is 2. The summed E-state index contributed by atoms with van der Waals surface area (Å²) in [5, 5.41) is 3.33. The van der Waals surface area contributed by atoms with E-state index in [0.29, 0.717) is 0 Å². The Morgan fingerprint density at radius 2 is 1.80 bits per heavy atom. The number of quaternary nitrogens is 1. The van der Waals surface area contributed by atoms with Crippen LogP contribution in [0.4, 0.5) is 11.4 Å². The van der Waals surface area contributed by atoms with Crippen molar-refractivity contribution in [2.75, 3.05) is 45.3 Å². The summed E-state index contributed by atoms with van der Waals surface area (Å²) in [7, 11) is 6.53. The van der Waals surface area contributed by atoms with Crippen LogP contribution in [0.1, 0.15) is 0 Å². The standard InChI is InChI=1S/C11H20N3.ClH/c1-14(2,3)9-8-13-11-7-5-4-6-10(11)12;/h4-7,13H,8-9,12H2,1-3H3;1H/q+1;/p-1. The molecule has 0 heterocycles. The number of halogens is 1. The Morgan fingerprint density at radius 3 is 2.33 bits per heavy atom. The Morgan fingerprint density at radius 1 is 1.20 bits per heavy atom. The Balaban J connectivity index is 0.00000196. The van der Waals surface area contributed by atoms with Crippen molar-refractivity contribution in [2.45, 2.75) is 0 Å². The molecule has 3 N–H and O–H groups in total. The van der Waals surface area contributed by atoms with Crippen LogP contribution in [-0.2, 0) is 0 Å². The van der Waals surface area contributed by atoms with E-state index in [1.807, 2.05) is 24.3 Å². The molecule has 86 valence electrons. The van der Waals surface area contributed by atoms with E-state index in [2.05, 4.69) is 26.5 Å². The van der Waals surface area contributed by atoms with Crippen molar-refractivity contribution in [1.82, 2.24) is 0 Å². The lowest BCUT2D eigenvalue weighted by atomic mass is 10.2. The molecule has 0 saturated heterocycles. The fraction of sp³-hybridized carbons (Fsp3) is 0.455. The van der Waals surface area contributed by atoms with Crippen molar-refractivity contribution in [3.63, 3.8) is 0 Å². The molecule has 0 fully saturated rings. The summed E-state index contributed by atoms with van der Waals surface area (Å²) < 4.78 is 0.958. The Hall–Kier alpha value is -0.930. The second-order valence-corrected chi connectivity index (χ2v) is 4.53. The zero-order chi connectivity index (χ0) is 10.6. The molecular weight excluding hydrogens is 210 g/mol. The minimum atomic E-state index is 0. The van der Waals surface area contributed by atoms with E-state index >= 15 is 0 Å². The number of rotatable bonds is 4. The first-order valence-electron chi connectivity index (χ1n) is 4.88. The molecule has 0 aliphatic heterocycles. The van der Waals surface area contributed by atoms with Gasteiger partial charge >= 0.3 is 0 Å². The fourth-order valence-electron chi connectivity index (χ4n) is 1.18. The lowest BCUT2D eigenvalue weighted by Crippen LogP contribution is -3.00. The second kappa shape index (κ2) is 5.83. The van der Waals surface area contributed by atoms with Crippen LogP contribution < -0.4 is 23.5 Å². The van der Waals surface area contributed by atoms with E-state index in [4.69, 9.17) is 5.73 Å². The molecule has 0 bridgehead atoms. The summed E-state index contributed by atoms with van der Waals surface area (Å²) in [5.41, 5.74) is 7.65. The largest absolute Gasteiger partial charge is 1.00 e. The number of nitrogens with zero attached hydrogens (tertiary/aromatic N) is 1. The lowest BCUT2D eigenvalue weighted by Gasteiger charge is -2.24. The number of hydrogen-bond acceptors (Lipinski definition) is 2. The predicted molar refractivity (Wildman–Crippen MR) is 62.2 cm³/mol. The van der Waals surface area contributed by atoms with Crippen LogP contribution in [0.15, 0.2) is 24.3 Å². The monoisotopic (exact) mass is 229 g/mol. The van der Waals surface area contributed by atoms with E-state index in [-0.39, 0.29) is 12.4 Å². The average molecular weight is 230 g/mol. The van der Waals surface area contributed by atoms with Crippen molar-refractivity contribution < 1.29 is 16.9 Å². The maximum Gasteiger partial charge on any atom is 0.0955 e. The maximum absolute atomic E-state index is 5.80. The third kappa shape index (κ3) is 5.50. The molecule has 0 aromatic heterocycles. The third-order valence-corrected chi connectivity index (χ3v) is 2.06. The molecule has 0 aliphatic carbocycles. The molecule has 0 unspecified atom stereocenters. The summed E-state index contributed by atoms with van der Waals surface area (Å²) in [6.45, 7) is 2.02. The third-order valence-electron chi connectivity index (χ3n) is 2.06. The van der Waals surface area contributed by atoms with Gasteiger partial charge in [0.25, 0.3) is 0 Å². The smallest absolute Gasteiger partial charge is 0.0955 e. The molecule has 1 aromatic rings. The highest BCUT2D eigenvalue weighted by Crippen LogP contribution is 2.15. The number of nitrogens with one attached hydrogen (secondary N) is 1. The first kappa shape index (κ1) is 14.1. The Bertz CT molecular complexity index is 294.